The van der Waals surface area contributed by atoms with E-state index in [1.807, 2.05) is 17.9 Å². The van der Waals surface area contributed by atoms with Gasteiger partial charge in [0.2, 0.25) is 0 Å². The molecule has 1 atom stereocenters. The van der Waals surface area contributed by atoms with Gasteiger partial charge in [0.15, 0.2) is 0 Å². The number of rotatable bonds is 8. The van der Waals surface area contributed by atoms with Crippen molar-refractivity contribution in [2.75, 3.05) is 13.2 Å². The van der Waals surface area contributed by atoms with Gasteiger partial charge in [-0.3, -0.25) is 4.68 Å². The number of aromatic nitrogens is 2. The predicted octanol–water partition coefficient (Wildman–Crippen LogP) is 2.28. The third-order valence-electron chi connectivity index (χ3n) is 2.70. The third kappa shape index (κ3) is 5.84. The second kappa shape index (κ2) is 7.45. The summed E-state index contributed by atoms with van der Waals surface area (Å²) in [5, 5.41) is 7.66. The lowest BCUT2D eigenvalue weighted by Gasteiger charge is -2.12. The molecule has 98 valence electrons. The average Bonchev–Trinajstić information content (AvgIpc) is 2.69. The Labute approximate surface area is 104 Å². The smallest absolute Gasteiger partial charge is 0.0537 e. The van der Waals surface area contributed by atoms with Crippen molar-refractivity contribution >= 4 is 0 Å². The van der Waals surface area contributed by atoms with Crippen LogP contribution in [0.5, 0.6) is 0 Å². The summed E-state index contributed by atoms with van der Waals surface area (Å²) >= 11 is 0. The molecule has 0 aromatic carbocycles. The minimum Gasteiger partial charge on any atom is -0.379 e. The molecular formula is C13H25N3O. The Morgan fingerprint density at radius 1 is 1.35 bits per heavy atom. The number of nitrogens with zero attached hydrogens (tertiary/aromatic N) is 2. The fourth-order valence-corrected chi connectivity index (χ4v) is 1.65. The SMILES string of the molecule is CC(C)OCCCCNC(C)c1cnn(C)c1. The highest BCUT2D eigenvalue weighted by atomic mass is 16.5. The van der Waals surface area contributed by atoms with Crippen molar-refractivity contribution in [3.8, 4) is 0 Å². The van der Waals surface area contributed by atoms with Gasteiger partial charge in [-0.1, -0.05) is 0 Å². The highest BCUT2D eigenvalue weighted by Crippen LogP contribution is 2.09. The zero-order chi connectivity index (χ0) is 12.7. The summed E-state index contributed by atoms with van der Waals surface area (Å²) in [4.78, 5) is 0. The van der Waals surface area contributed by atoms with Crippen LogP contribution < -0.4 is 5.32 Å². The molecule has 0 fully saturated rings. The van der Waals surface area contributed by atoms with Gasteiger partial charge in [0.1, 0.15) is 0 Å². The molecule has 0 saturated heterocycles. The van der Waals surface area contributed by atoms with Gasteiger partial charge >= 0.3 is 0 Å². The number of unbranched alkanes of at least 4 members (excludes halogenated alkanes) is 1. The second-order valence-electron chi connectivity index (χ2n) is 4.75. The molecule has 1 unspecified atom stereocenters. The summed E-state index contributed by atoms with van der Waals surface area (Å²) in [5.41, 5.74) is 1.24. The minimum atomic E-state index is 0.345. The number of hydrogen-bond donors (Lipinski definition) is 1. The molecule has 0 saturated carbocycles. The molecule has 1 N–H and O–H groups in total. The van der Waals surface area contributed by atoms with Crippen LogP contribution in [-0.4, -0.2) is 29.0 Å². The maximum absolute atomic E-state index is 5.50. The fourth-order valence-electron chi connectivity index (χ4n) is 1.65. The first-order chi connectivity index (χ1) is 8.09. The maximum atomic E-state index is 5.50. The van der Waals surface area contributed by atoms with Gasteiger partial charge in [-0.15, -0.1) is 0 Å². The monoisotopic (exact) mass is 239 g/mol. The molecule has 1 aromatic rings. The molecule has 0 bridgehead atoms. The Hall–Kier alpha value is -0.870. The number of ether oxygens (including phenoxy) is 1. The first-order valence-electron chi connectivity index (χ1n) is 6.43. The van der Waals surface area contributed by atoms with Crippen molar-refractivity contribution in [3.63, 3.8) is 0 Å². The van der Waals surface area contributed by atoms with Crippen molar-refractivity contribution < 1.29 is 4.74 Å². The summed E-state index contributed by atoms with van der Waals surface area (Å²) in [6.45, 7) is 8.20. The van der Waals surface area contributed by atoms with Crippen LogP contribution >= 0.6 is 0 Å². The summed E-state index contributed by atoms with van der Waals surface area (Å²) < 4.78 is 7.33. The molecule has 17 heavy (non-hydrogen) atoms. The summed E-state index contributed by atoms with van der Waals surface area (Å²) in [7, 11) is 1.94. The van der Waals surface area contributed by atoms with E-state index >= 15 is 0 Å². The van der Waals surface area contributed by atoms with E-state index in [2.05, 4.69) is 37.4 Å². The van der Waals surface area contributed by atoms with Crippen LogP contribution in [0.3, 0.4) is 0 Å². The van der Waals surface area contributed by atoms with Gasteiger partial charge in [0.25, 0.3) is 0 Å². The Kier molecular flexibility index (Phi) is 6.22. The van der Waals surface area contributed by atoms with E-state index in [1.54, 1.807) is 0 Å². The van der Waals surface area contributed by atoms with Crippen LogP contribution in [0.15, 0.2) is 12.4 Å². The van der Waals surface area contributed by atoms with Crippen molar-refractivity contribution in [2.45, 2.75) is 45.8 Å². The lowest BCUT2D eigenvalue weighted by Crippen LogP contribution is -2.20. The Bertz CT molecular complexity index is 309. The van der Waals surface area contributed by atoms with Crippen LogP contribution in [0.4, 0.5) is 0 Å². The van der Waals surface area contributed by atoms with Crippen molar-refractivity contribution in [1.29, 1.82) is 0 Å². The topological polar surface area (TPSA) is 39.1 Å². The normalized spacial score (nSPS) is 13.2. The molecule has 4 nitrogen and oxygen atoms in total. The molecule has 1 heterocycles. The second-order valence-corrected chi connectivity index (χ2v) is 4.75. The van der Waals surface area contributed by atoms with Crippen molar-refractivity contribution in [2.24, 2.45) is 7.05 Å². The molecule has 0 aliphatic carbocycles. The highest BCUT2D eigenvalue weighted by Gasteiger charge is 2.05. The van der Waals surface area contributed by atoms with E-state index in [0.29, 0.717) is 12.1 Å². The first-order valence-corrected chi connectivity index (χ1v) is 6.43. The molecule has 0 spiro atoms. The standard InChI is InChI=1S/C13H25N3O/c1-11(2)17-8-6-5-7-14-12(3)13-9-15-16(4)10-13/h9-12,14H,5-8H2,1-4H3. The highest BCUT2D eigenvalue weighted by molar-refractivity contribution is 5.08. The fraction of sp³-hybridized carbons (Fsp3) is 0.769. The first kappa shape index (κ1) is 14.2. The number of aryl methyl sites for hydroxylation is 1. The average molecular weight is 239 g/mol. The van der Waals surface area contributed by atoms with Gasteiger partial charge in [-0.05, 0) is 40.2 Å². The molecular weight excluding hydrogens is 214 g/mol. The Morgan fingerprint density at radius 3 is 2.71 bits per heavy atom. The van der Waals surface area contributed by atoms with E-state index in [-0.39, 0.29) is 0 Å². The van der Waals surface area contributed by atoms with E-state index in [1.165, 1.54) is 5.56 Å². The van der Waals surface area contributed by atoms with Gasteiger partial charge in [-0.2, -0.15) is 5.10 Å². The Morgan fingerprint density at radius 2 is 2.12 bits per heavy atom. The molecule has 0 aliphatic rings. The van der Waals surface area contributed by atoms with Gasteiger partial charge in [-0.25, -0.2) is 0 Å². The molecule has 4 heteroatoms. The van der Waals surface area contributed by atoms with Crippen molar-refractivity contribution in [3.05, 3.63) is 18.0 Å². The van der Waals surface area contributed by atoms with Crippen LogP contribution in [0.25, 0.3) is 0 Å². The molecule has 0 radical (unpaired) electrons. The summed E-state index contributed by atoms with van der Waals surface area (Å²) in [5.74, 6) is 0. The largest absolute Gasteiger partial charge is 0.379 e. The third-order valence-corrected chi connectivity index (χ3v) is 2.70. The summed E-state index contributed by atoms with van der Waals surface area (Å²) in [6, 6.07) is 0.370. The molecule has 1 rings (SSSR count). The van der Waals surface area contributed by atoms with Crippen LogP contribution in [0, 0.1) is 0 Å². The van der Waals surface area contributed by atoms with Crippen LogP contribution in [0.2, 0.25) is 0 Å². The minimum absolute atomic E-state index is 0.345. The van der Waals surface area contributed by atoms with E-state index in [4.69, 9.17) is 4.74 Å². The zero-order valence-corrected chi connectivity index (χ0v) is 11.4. The van der Waals surface area contributed by atoms with E-state index in [9.17, 15) is 0 Å². The van der Waals surface area contributed by atoms with Crippen molar-refractivity contribution in [1.82, 2.24) is 15.1 Å². The number of hydrogen-bond acceptors (Lipinski definition) is 3. The van der Waals surface area contributed by atoms with E-state index < -0.39 is 0 Å². The van der Waals surface area contributed by atoms with E-state index in [0.717, 1.165) is 26.0 Å². The van der Waals surface area contributed by atoms with Crippen LogP contribution in [-0.2, 0) is 11.8 Å². The Balaban J connectivity index is 2.06. The van der Waals surface area contributed by atoms with Gasteiger partial charge < -0.3 is 10.1 Å². The van der Waals surface area contributed by atoms with Crippen LogP contribution in [0.1, 0.15) is 45.2 Å². The summed E-state index contributed by atoms with van der Waals surface area (Å²) in [6.07, 6.45) is 6.58. The quantitative estimate of drug-likeness (QED) is 0.707. The lowest BCUT2D eigenvalue weighted by atomic mass is 10.2. The van der Waals surface area contributed by atoms with Gasteiger partial charge in [0.05, 0.1) is 12.3 Å². The van der Waals surface area contributed by atoms with Gasteiger partial charge in [0, 0.05) is 31.5 Å². The predicted molar refractivity (Wildman–Crippen MR) is 69.9 cm³/mol. The lowest BCUT2D eigenvalue weighted by molar-refractivity contribution is 0.0759. The maximum Gasteiger partial charge on any atom is 0.0537 e. The molecule has 0 amide bonds. The molecule has 0 aliphatic heterocycles. The zero-order valence-electron chi connectivity index (χ0n) is 11.4. The number of nitrogens with one attached hydrogen (secondary N) is 1. The molecule has 1 aromatic heterocycles.